The van der Waals surface area contributed by atoms with Gasteiger partial charge >= 0.3 is 5.97 Å². The van der Waals surface area contributed by atoms with E-state index in [0.717, 1.165) is 25.8 Å². The third-order valence-corrected chi connectivity index (χ3v) is 7.85. The Hall–Kier alpha value is -1.85. The van der Waals surface area contributed by atoms with Crippen molar-refractivity contribution >= 4 is 5.97 Å². The summed E-state index contributed by atoms with van der Waals surface area (Å²) in [4.78, 5) is 14.0. The fourth-order valence-electron chi connectivity index (χ4n) is 6.17. The van der Waals surface area contributed by atoms with E-state index in [1.165, 1.54) is 22.4 Å². The second kappa shape index (κ2) is 10.8. The molecule has 1 aromatic carbocycles. The van der Waals surface area contributed by atoms with Crippen molar-refractivity contribution < 1.29 is 9.90 Å². The minimum atomic E-state index is -0.820. The molecule has 3 atom stereocenters. The highest BCUT2D eigenvalue weighted by molar-refractivity contribution is 5.69. The highest BCUT2D eigenvalue weighted by Gasteiger charge is 2.58. The first-order valence-corrected chi connectivity index (χ1v) is 12.3. The van der Waals surface area contributed by atoms with Crippen molar-refractivity contribution in [1.82, 2.24) is 10.2 Å². The highest BCUT2D eigenvalue weighted by Crippen LogP contribution is 2.59. The van der Waals surface area contributed by atoms with Gasteiger partial charge in [-0.1, -0.05) is 57.5 Å². The first-order chi connectivity index (χ1) is 15.1. The lowest BCUT2D eigenvalue weighted by Crippen LogP contribution is -2.66. The van der Waals surface area contributed by atoms with Gasteiger partial charge in [0.2, 0.25) is 0 Å². The molecule has 0 saturated heterocycles. The van der Waals surface area contributed by atoms with E-state index in [2.05, 4.69) is 82.9 Å². The van der Waals surface area contributed by atoms with Crippen molar-refractivity contribution in [2.45, 2.75) is 79.2 Å². The lowest BCUT2D eigenvalue weighted by atomic mass is 9.53. The largest absolute Gasteiger partial charge is 0.480 e. The molecule has 1 aromatic rings. The lowest BCUT2D eigenvalue weighted by Gasteiger charge is -2.63. The highest BCUT2D eigenvalue weighted by atomic mass is 16.4. The number of carboxylic acids is 1. The van der Waals surface area contributed by atoms with Crippen molar-refractivity contribution in [1.29, 1.82) is 0 Å². The number of carboxylic acid groups (broad SMARTS) is 1. The van der Waals surface area contributed by atoms with Crippen molar-refractivity contribution in [2.24, 2.45) is 17.1 Å². The molecule has 0 radical (unpaired) electrons. The fraction of sp³-hybridized carbons (Fsp3) is 0.667. The molecule has 0 aliphatic carbocycles. The molecule has 1 aliphatic rings. The number of aryl methyl sites for hydroxylation is 1. The average molecular weight is 444 g/mol. The molecule has 0 saturated carbocycles. The second-order valence-electron chi connectivity index (χ2n) is 10.00. The first-order valence-electron chi connectivity index (χ1n) is 12.3. The van der Waals surface area contributed by atoms with Gasteiger partial charge in [-0.05, 0) is 57.1 Å². The number of hydrogen-bond acceptors (Lipinski definition) is 4. The Bertz CT molecular complexity index is 802. The van der Waals surface area contributed by atoms with Crippen molar-refractivity contribution in [2.75, 3.05) is 26.2 Å². The van der Waals surface area contributed by atoms with Crippen LogP contribution in [0.5, 0.6) is 0 Å². The Morgan fingerprint density at radius 2 is 1.81 bits per heavy atom. The van der Waals surface area contributed by atoms with Crippen LogP contribution in [-0.2, 0) is 4.79 Å². The fourth-order valence-corrected chi connectivity index (χ4v) is 6.17. The van der Waals surface area contributed by atoms with Gasteiger partial charge in [0.25, 0.3) is 0 Å². The zero-order valence-corrected chi connectivity index (χ0v) is 21.3. The zero-order chi connectivity index (χ0) is 24.1. The van der Waals surface area contributed by atoms with Gasteiger partial charge in [-0.15, -0.1) is 0 Å². The molecule has 0 aromatic heterocycles. The molecular weight excluding hydrogens is 398 g/mol. The van der Waals surface area contributed by atoms with Crippen LogP contribution >= 0.6 is 0 Å². The van der Waals surface area contributed by atoms with Gasteiger partial charge in [0.15, 0.2) is 0 Å². The summed E-state index contributed by atoms with van der Waals surface area (Å²) in [6.07, 6.45) is 2.91. The molecule has 5 heteroatoms. The predicted octanol–water partition coefficient (Wildman–Crippen LogP) is 4.91. The maximum Gasteiger partial charge on any atom is 0.317 e. The summed E-state index contributed by atoms with van der Waals surface area (Å²) in [7, 11) is 0. The molecule has 0 bridgehead atoms. The molecule has 1 aliphatic heterocycles. The lowest BCUT2D eigenvalue weighted by molar-refractivity contribution is -0.136. The maximum atomic E-state index is 11.4. The molecule has 180 valence electrons. The molecule has 5 nitrogen and oxygen atoms in total. The van der Waals surface area contributed by atoms with Crippen LogP contribution < -0.4 is 11.1 Å². The van der Waals surface area contributed by atoms with Gasteiger partial charge in [0.05, 0.1) is 6.54 Å². The van der Waals surface area contributed by atoms with E-state index in [9.17, 15) is 9.90 Å². The molecule has 2 rings (SSSR count). The monoisotopic (exact) mass is 443 g/mol. The van der Waals surface area contributed by atoms with E-state index in [1.54, 1.807) is 0 Å². The Morgan fingerprint density at radius 3 is 2.25 bits per heavy atom. The van der Waals surface area contributed by atoms with Gasteiger partial charge < -0.3 is 21.1 Å². The minimum absolute atomic E-state index is 0.0329. The topological polar surface area (TPSA) is 78.6 Å². The number of allylic oxidation sites excluding steroid dienone is 1. The van der Waals surface area contributed by atoms with E-state index in [4.69, 9.17) is 5.73 Å². The predicted molar refractivity (Wildman–Crippen MR) is 134 cm³/mol. The number of aliphatic carboxylic acids is 1. The zero-order valence-electron chi connectivity index (χ0n) is 21.3. The molecular formula is C27H45N3O2. The molecule has 0 fully saturated rings. The van der Waals surface area contributed by atoms with Crippen molar-refractivity contribution in [3.63, 3.8) is 0 Å². The number of nitrogens with one attached hydrogen (secondary N) is 1. The van der Waals surface area contributed by atoms with Crippen molar-refractivity contribution in [3.8, 4) is 0 Å². The quantitative estimate of drug-likeness (QED) is 0.453. The number of nitrogens with two attached hydrogens (primary N) is 1. The Kier molecular flexibility index (Phi) is 8.95. The van der Waals surface area contributed by atoms with Crippen LogP contribution in [-0.4, -0.2) is 47.7 Å². The Labute approximate surface area is 195 Å². The van der Waals surface area contributed by atoms with Gasteiger partial charge in [-0.2, -0.15) is 0 Å². The normalized spacial score (nSPS) is 26.2. The number of carbonyl (C=O) groups is 1. The van der Waals surface area contributed by atoms with Crippen LogP contribution in [0.1, 0.15) is 77.8 Å². The number of benzene rings is 1. The van der Waals surface area contributed by atoms with E-state index < -0.39 is 5.97 Å². The Morgan fingerprint density at radius 1 is 1.19 bits per heavy atom. The Balaban J connectivity index is 2.86. The second-order valence-corrected chi connectivity index (χ2v) is 10.00. The van der Waals surface area contributed by atoms with Gasteiger partial charge in [0, 0.05) is 42.2 Å². The van der Waals surface area contributed by atoms with Crippen LogP contribution in [0.15, 0.2) is 35.5 Å². The van der Waals surface area contributed by atoms with Crippen molar-refractivity contribution in [3.05, 3.63) is 46.7 Å². The number of hydrogen-bond donors (Lipinski definition) is 3. The van der Waals surface area contributed by atoms with Gasteiger partial charge in [0.1, 0.15) is 0 Å². The number of rotatable bonds is 11. The van der Waals surface area contributed by atoms with E-state index in [1.807, 2.05) is 0 Å². The van der Waals surface area contributed by atoms with E-state index >= 15 is 0 Å². The summed E-state index contributed by atoms with van der Waals surface area (Å²) in [6.45, 7) is 17.8. The van der Waals surface area contributed by atoms with Crippen LogP contribution in [0.4, 0.5) is 0 Å². The molecule has 32 heavy (non-hydrogen) atoms. The third kappa shape index (κ3) is 4.74. The SMILES string of the molecule is CCN1C(CC(C)C)=C(CN)C(c2ccc(C)cc2)C(CC)(CNCC(=O)O)C1(C)CC. The van der Waals surface area contributed by atoms with E-state index in [-0.39, 0.29) is 23.4 Å². The molecule has 0 spiro atoms. The van der Waals surface area contributed by atoms with Crippen LogP contribution in [0.3, 0.4) is 0 Å². The molecule has 0 amide bonds. The smallest absolute Gasteiger partial charge is 0.317 e. The van der Waals surface area contributed by atoms with Crippen LogP contribution in [0, 0.1) is 18.3 Å². The molecule has 3 unspecified atom stereocenters. The van der Waals surface area contributed by atoms with Crippen LogP contribution in [0.2, 0.25) is 0 Å². The number of nitrogens with zero attached hydrogens (tertiary/aromatic N) is 1. The van der Waals surface area contributed by atoms with Gasteiger partial charge in [-0.3, -0.25) is 4.79 Å². The molecule has 1 heterocycles. The minimum Gasteiger partial charge on any atom is -0.480 e. The molecule has 4 N–H and O–H groups in total. The van der Waals surface area contributed by atoms with Gasteiger partial charge in [-0.25, -0.2) is 0 Å². The van der Waals surface area contributed by atoms with E-state index in [0.29, 0.717) is 19.0 Å². The maximum absolute atomic E-state index is 11.4. The summed E-state index contributed by atoms with van der Waals surface area (Å²) >= 11 is 0. The first kappa shape index (κ1) is 26.4. The summed E-state index contributed by atoms with van der Waals surface area (Å²) in [5.41, 5.74) is 11.4. The van der Waals surface area contributed by atoms with Crippen LogP contribution in [0.25, 0.3) is 0 Å². The summed E-state index contributed by atoms with van der Waals surface area (Å²) < 4.78 is 0. The summed E-state index contributed by atoms with van der Waals surface area (Å²) in [6, 6.07) is 8.88. The average Bonchev–Trinajstić information content (AvgIpc) is 2.75. The third-order valence-electron chi connectivity index (χ3n) is 7.85. The summed E-state index contributed by atoms with van der Waals surface area (Å²) in [5, 5.41) is 12.6. The standard InChI is InChI=1S/C27H45N3O2/c1-8-26(7)27(9-2,18-29-17-24(31)32)25(21-13-11-20(6)12-14-21)22(16-28)23(15-19(4)5)30(26)10-3/h11-14,19,25,29H,8-10,15-18,28H2,1-7H3,(H,31,32). The summed E-state index contributed by atoms with van der Waals surface area (Å²) in [5.74, 6) is -0.153.